The van der Waals surface area contributed by atoms with E-state index in [1.165, 1.54) is 6.33 Å². The summed E-state index contributed by atoms with van der Waals surface area (Å²) >= 11 is 0. The fourth-order valence-corrected chi connectivity index (χ4v) is 2.04. The topological polar surface area (TPSA) is 60.2 Å². The molecule has 0 bridgehead atoms. The van der Waals surface area contributed by atoms with Gasteiger partial charge in [0.1, 0.15) is 12.7 Å². The van der Waals surface area contributed by atoms with E-state index in [4.69, 9.17) is 4.74 Å². The third kappa shape index (κ3) is 1.66. The van der Waals surface area contributed by atoms with Crippen LogP contribution in [0.3, 0.4) is 0 Å². The molecule has 1 fully saturated rings. The second-order valence-corrected chi connectivity index (χ2v) is 4.39. The standard InChI is InChI=1S/C10H17N3O2/c1-3-9(2)4-5-15-10(9,14)6-13-8-11-7-12-13/h7-8,14H,3-6H2,1-2H3. The second-order valence-electron chi connectivity index (χ2n) is 4.39. The zero-order valence-electron chi connectivity index (χ0n) is 9.18. The van der Waals surface area contributed by atoms with E-state index >= 15 is 0 Å². The third-order valence-electron chi connectivity index (χ3n) is 3.56. The van der Waals surface area contributed by atoms with Crippen molar-refractivity contribution in [3.05, 3.63) is 12.7 Å². The van der Waals surface area contributed by atoms with Gasteiger partial charge in [-0.05, 0) is 12.8 Å². The van der Waals surface area contributed by atoms with Crippen molar-refractivity contribution in [1.29, 1.82) is 0 Å². The number of rotatable bonds is 3. The van der Waals surface area contributed by atoms with Crippen molar-refractivity contribution >= 4 is 0 Å². The number of nitrogens with zero attached hydrogens (tertiary/aromatic N) is 3. The summed E-state index contributed by atoms with van der Waals surface area (Å²) in [5.41, 5.74) is -0.195. The minimum atomic E-state index is -1.12. The molecular formula is C10H17N3O2. The van der Waals surface area contributed by atoms with Crippen molar-refractivity contribution in [3.63, 3.8) is 0 Å². The Morgan fingerprint density at radius 1 is 1.60 bits per heavy atom. The van der Waals surface area contributed by atoms with E-state index in [-0.39, 0.29) is 5.41 Å². The van der Waals surface area contributed by atoms with Crippen molar-refractivity contribution in [2.45, 2.75) is 39.0 Å². The van der Waals surface area contributed by atoms with Gasteiger partial charge < -0.3 is 9.84 Å². The van der Waals surface area contributed by atoms with Crippen molar-refractivity contribution in [2.24, 2.45) is 5.41 Å². The largest absolute Gasteiger partial charge is 0.364 e. The Bertz CT molecular complexity index is 327. The number of hydrogen-bond acceptors (Lipinski definition) is 4. The van der Waals surface area contributed by atoms with Crippen LogP contribution in [0.15, 0.2) is 12.7 Å². The Kier molecular flexibility index (Phi) is 2.52. The summed E-state index contributed by atoms with van der Waals surface area (Å²) in [6.07, 6.45) is 4.82. The highest BCUT2D eigenvalue weighted by molar-refractivity contribution is 4.92. The molecular weight excluding hydrogens is 194 g/mol. The van der Waals surface area contributed by atoms with Crippen LogP contribution in [0.5, 0.6) is 0 Å². The number of aromatic nitrogens is 3. The van der Waals surface area contributed by atoms with E-state index in [1.54, 1.807) is 11.0 Å². The highest BCUT2D eigenvalue weighted by atomic mass is 16.6. The molecule has 1 aromatic rings. The van der Waals surface area contributed by atoms with E-state index < -0.39 is 5.79 Å². The molecule has 1 aromatic heterocycles. The summed E-state index contributed by atoms with van der Waals surface area (Å²) in [5, 5.41) is 14.5. The van der Waals surface area contributed by atoms with E-state index in [0.29, 0.717) is 13.2 Å². The van der Waals surface area contributed by atoms with Crippen LogP contribution in [-0.4, -0.2) is 32.3 Å². The molecule has 5 nitrogen and oxygen atoms in total. The van der Waals surface area contributed by atoms with Crippen LogP contribution in [0.2, 0.25) is 0 Å². The van der Waals surface area contributed by atoms with E-state index in [0.717, 1.165) is 12.8 Å². The maximum absolute atomic E-state index is 10.5. The first-order valence-electron chi connectivity index (χ1n) is 5.28. The Morgan fingerprint density at radius 3 is 3.00 bits per heavy atom. The third-order valence-corrected chi connectivity index (χ3v) is 3.56. The van der Waals surface area contributed by atoms with Gasteiger partial charge in [0.05, 0.1) is 13.2 Å². The lowest BCUT2D eigenvalue weighted by Gasteiger charge is -2.36. The number of ether oxygens (including phenoxy) is 1. The maximum atomic E-state index is 10.5. The van der Waals surface area contributed by atoms with E-state index in [9.17, 15) is 5.11 Å². The fourth-order valence-electron chi connectivity index (χ4n) is 2.04. The minimum Gasteiger partial charge on any atom is -0.364 e. The summed E-state index contributed by atoms with van der Waals surface area (Å²) in [5.74, 6) is -1.12. The first kappa shape index (κ1) is 10.6. The first-order chi connectivity index (χ1) is 7.10. The lowest BCUT2D eigenvalue weighted by atomic mass is 9.78. The fraction of sp³-hybridized carbons (Fsp3) is 0.800. The number of aliphatic hydroxyl groups is 1. The molecule has 84 valence electrons. The maximum Gasteiger partial charge on any atom is 0.190 e. The van der Waals surface area contributed by atoms with Crippen molar-refractivity contribution in [2.75, 3.05) is 6.61 Å². The van der Waals surface area contributed by atoms with Gasteiger partial charge in [0.2, 0.25) is 0 Å². The van der Waals surface area contributed by atoms with Gasteiger partial charge in [-0.3, -0.25) is 0 Å². The molecule has 0 spiro atoms. The van der Waals surface area contributed by atoms with Gasteiger partial charge in [0.15, 0.2) is 5.79 Å². The van der Waals surface area contributed by atoms with Crippen LogP contribution in [0.25, 0.3) is 0 Å². The van der Waals surface area contributed by atoms with Crippen molar-refractivity contribution < 1.29 is 9.84 Å². The van der Waals surface area contributed by atoms with Gasteiger partial charge in [-0.25, -0.2) is 9.67 Å². The quantitative estimate of drug-likeness (QED) is 0.803. The predicted molar refractivity (Wildman–Crippen MR) is 53.9 cm³/mol. The molecule has 0 radical (unpaired) electrons. The second kappa shape index (κ2) is 3.57. The molecule has 15 heavy (non-hydrogen) atoms. The molecule has 2 heterocycles. The lowest BCUT2D eigenvalue weighted by Crippen LogP contribution is -2.46. The molecule has 0 saturated carbocycles. The summed E-state index contributed by atoms with van der Waals surface area (Å²) < 4.78 is 7.10. The molecule has 5 heteroatoms. The van der Waals surface area contributed by atoms with Gasteiger partial charge in [-0.2, -0.15) is 5.10 Å². The van der Waals surface area contributed by atoms with Gasteiger partial charge in [-0.15, -0.1) is 0 Å². The summed E-state index contributed by atoms with van der Waals surface area (Å²) in [4.78, 5) is 3.85. The summed E-state index contributed by atoms with van der Waals surface area (Å²) in [6, 6.07) is 0. The number of hydrogen-bond donors (Lipinski definition) is 1. The van der Waals surface area contributed by atoms with Gasteiger partial charge in [0.25, 0.3) is 0 Å². The summed E-state index contributed by atoms with van der Waals surface area (Å²) in [7, 11) is 0. The monoisotopic (exact) mass is 211 g/mol. The van der Waals surface area contributed by atoms with Crippen LogP contribution < -0.4 is 0 Å². The zero-order chi connectivity index (χ0) is 10.9. The molecule has 0 amide bonds. The molecule has 1 aliphatic heterocycles. The minimum absolute atomic E-state index is 0.195. The Labute approximate surface area is 89.1 Å². The Morgan fingerprint density at radius 2 is 2.40 bits per heavy atom. The highest BCUT2D eigenvalue weighted by Gasteiger charge is 2.51. The molecule has 0 aromatic carbocycles. The van der Waals surface area contributed by atoms with Crippen LogP contribution in [0.1, 0.15) is 26.7 Å². The highest BCUT2D eigenvalue weighted by Crippen LogP contribution is 2.45. The molecule has 1 aliphatic rings. The Balaban J connectivity index is 2.18. The van der Waals surface area contributed by atoms with Crippen LogP contribution in [-0.2, 0) is 11.3 Å². The Hall–Kier alpha value is -0.940. The van der Waals surface area contributed by atoms with Crippen LogP contribution in [0.4, 0.5) is 0 Å². The lowest BCUT2D eigenvalue weighted by molar-refractivity contribution is -0.233. The van der Waals surface area contributed by atoms with E-state index in [2.05, 4.69) is 23.9 Å². The average Bonchev–Trinajstić information content (AvgIpc) is 2.78. The zero-order valence-corrected chi connectivity index (χ0v) is 9.18. The molecule has 2 rings (SSSR count). The molecule has 2 unspecified atom stereocenters. The van der Waals surface area contributed by atoms with E-state index in [1.807, 2.05) is 0 Å². The van der Waals surface area contributed by atoms with Gasteiger partial charge >= 0.3 is 0 Å². The van der Waals surface area contributed by atoms with Gasteiger partial charge in [-0.1, -0.05) is 13.8 Å². The molecule has 1 saturated heterocycles. The smallest absolute Gasteiger partial charge is 0.190 e. The average molecular weight is 211 g/mol. The normalized spacial score (nSPS) is 35.9. The van der Waals surface area contributed by atoms with Crippen molar-refractivity contribution in [3.8, 4) is 0 Å². The first-order valence-corrected chi connectivity index (χ1v) is 5.28. The molecule has 1 N–H and O–H groups in total. The summed E-state index contributed by atoms with van der Waals surface area (Å²) in [6.45, 7) is 5.07. The van der Waals surface area contributed by atoms with Crippen LogP contribution >= 0.6 is 0 Å². The van der Waals surface area contributed by atoms with Gasteiger partial charge in [0, 0.05) is 5.41 Å². The van der Waals surface area contributed by atoms with Crippen LogP contribution in [0, 0.1) is 5.41 Å². The predicted octanol–water partition coefficient (Wildman–Crippen LogP) is 0.803. The molecule has 0 aliphatic carbocycles. The SMILES string of the molecule is CCC1(C)CCOC1(O)Cn1cncn1. The molecule has 2 atom stereocenters. The van der Waals surface area contributed by atoms with Crippen molar-refractivity contribution in [1.82, 2.24) is 14.8 Å².